The molecular weight excluding hydrogens is 266 g/mol. The lowest BCUT2D eigenvalue weighted by Gasteiger charge is -2.32. The largest absolute Gasteiger partial charge is 0.478 e. The van der Waals surface area contributed by atoms with Crippen LogP contribution in [0.4, 0.5) is 0 Å². The summed E-state index contributed by atoms with van der Waals surface area (Å²) in [5, 5.41) is 9.09. The highest BCUT2D eigenvalue weighted by Gasteiger charge is 2.27. The minimum atomic E-state index is -1.07. The Bertz CT molecular complexity index is 478. The third kappa shape index (κ3) is 3.18. The van der Waals surface area contributed by atoms with Gasteiger partial charge in [-0.1, -0.05) is 25.4 Å². The summed E-state index contributed by atoms with van der Waals surface area (Å²) in [5.41, 5.74) is 0.0314. The van der Waals surface area contributed by atoms with Crippen LogP contribution in [0.1, 0.15) is 43.5 Å². The standard InChI is InChI=1S/C14H18ClNO3/c1-8-3-4-10(7-9(8)2)19-13-12(15)11(14(17)18)5-6-16-13/h5-6,8-10H,3-4,7H2,1-2H3,(H,17,18). The second kappa shape index (κ2) is 5.78. The van der Waals surface area contributed by atoms with Crippen LogP contribution < -0.4 is 4.74 Å². The van der Waals surface area contributed by atoms with Crippen LogP contribution in [0.3, 0.4) is 0 Å². The number of hydrogen-bond donors (Lipinski definition) is 1. The number of carboxylic acid groups (broad SMARTS) is 1. The van der Waals surface area contributed by atoms with Crippen molar-refractivity contribution >= 4 is 17.6 Å². The quantitative estimate of drug-likeness (QED) is 0.920. The molecule has 1 aliphatic rings. The zero-order chi connectivity index (χ0) is 14.0. The average Bonchev–Trinajstić information content (AvgIpc) is 2.36. The number of hydrogen-bond acceptors (Lipinski definition) is 3. The molecule has 104 valence electrons. The first-order valence-electron chi connectivity index (χ1n) is 6.53. The molecule has 5 heteroatoms. The lowest BCUT2D eigenvalue weighted by Crippen LogP contribution is -2.29. The summed E-state index contributed by atoms with van der Waals surface area (Å²) in [6.45, 7) is 4.46. The van der Waals surface area contributed by atoms with Gasteiger partial charge in [-0.3, -0.25) is 0 Å². The second-order valence-corrected chi connectivity index (χ2v) is 5.67. The molecule has 3 unspecified atom stereocenters. The second-order valence-electron chi connectivity index (χ2n) is 5.29. The Balaban J connectivity index is 2.11. The lowest BCUT2D eigenvalue weighted by molar-refractivity contribution is 0.0693. The summed E-state index contributed by atoms with van der Waals surface area (Å²) >= 11 is 6.02. The Labute approximate surface area is 117 Å². The van der Waals surface area contributed by atoms with Gasteiger partial charge in [-0.2, -0.15) is 0 Å². The molecule has 2 rings (SSSR count). The number of rotatable bonds is 3. The summed E-state index contributed by atoms with van der Waals surface area (Å²) in [7, 11) is 0. The Morgan fingerprint density at radius 2 is 2.16 bits per heavy atom. The van der Waals surface area contributed by atoms with E-state index in [0.29, 0.717) is 11.8 Å². The summed E-state index contributed by atoms with van der Waals surface area (Å²) in [5.74, 6) is 0.463. The van der Waals surface area contributed by atoms with Gasteiger partial charge in [0.2, 0.25) is 5.88 Å². The lowest BCUT2D eigenvalue weighted by atomic mass is 9.80. The smallest absolute Gasteiger partial charge is 0.337 e. The van der Waals surface area contributed by atoms with Crippen molar-refractivity contribution in [2.45, 2.75) is 39.2 Å². The van der Waals surface area contributed by atoms with Crippen molar-refractivity contribution in [1.82, 2.24) is 4.98 Å². The number of carbonyl (C=O) groups is 1. The maximum atomic E-state index is 11.0. The highest BCUT2D eigenvalue weighted by atomic mass is 35.5. The van der Waals surface area contributed by atoms with Gasteiger partial charge in [0, 0.05) is 6.20 Å². The first-order valence-corrected chi connectivity index (χ1v) is 6.91. The molecule has 19 heavy (non-hydrogen) atoms. The summed E-state index contributed by atoms with van der Waals surface area (Å²) < 4.78 is 5.79. The number of carboxylic acids is 1. The van der Waals surface area contributed by atoms with Gasteiger partial charge in [0.15, 0.2) is 0 Å². The van der Waals surface area contributed by atoms with Crippen molar-refractivity contribution in [3.8, 4) is 5.88 Å². The fraction of sp³-hybridized carbons (Fsp3) is 0.571. The molecule has 4 nitrogen and oxygen atoms in total. The zero-order valence-electron chi connectivity index (χ0n) is 11.1. The van der Waals surface area contributed by atoms with E-state index in [1.807, 2.05) is 0 Å². The highest BCUT2D eigenvalue weighted by molar-refractivity contribution is 6.34. The van der Waals surface area contributed by atoms with Crippen molar-refractivity contribution in [3.05, 3.63) is 22.8 Å². The topological polar surface area (TPSA) is 59.4 Å². The van der Waals surface area contributed by atoms with Gasteiger partial charge >= 0.3 is 5.97 Å². The van der Waals surface area contributed by atoms with E-state index in [0.717, 1.165) is 19.3 Å². The SMILES string of the molecule is CC1CCC(Oc2nccc(C(=O)O)c2Cl)CC1C. The molecule has 1 aromatic rings. The Hall–Kier alpha value is -1.29. The molecule has 1 heterocycles. The highest BCUT2D eigenvalue weighted by Crippen LogP contribution is 2.33. The zero-order valence-corrected chi connectivity index (χ0v) is 11.9. The predicted octanol–water partition coefficient (Wildman–Crippen LogP) is 3.64. The van der Waals surface area contributed by atoms with Crippen LogP contribution in [0.5, 0.6) is 5.88 Å². The molecule has 0 aromatic carbocycles. The fourth-order valence-corrected chi connectivity index (χ4v) is 2.67. The number of aromatic nitrogens is 1. The van der Waals surface area contributed by atoms with Crippen LogP contribution in [0, 0.1) is 11.8 Å². The van der Waals surface area contributed by atoms with E-state index in [1.165, 1.54) is 12.3 Å². The van der Waals surface area contributed by atoms with Gasteiger partial charge in [0.25, 0.3) is 0 Å². The summed E-state index contributed by atoms with van der Waals surface area (Å²) in [6, 6.07) is 1.38. The maximum absolute atomic E-state index is 11.0. The number of pyridine rings is 1. The Kier molecular flexibility index (Phi) is 4.30. The van der Waals surface area contributed by atoms with Crippen molar-refractivity contribution in [1.29, 1.82) is 0 Å². The number of nitrogens with zero attached hydrogens (tertiary/aromatic N) is 1. The van der Waals surface area contributed by atoms with E-state index in [1.54, 1.807) is 0 Å². The van der Waals surface area contributed by atoms with E-state index in [9.17, 15) is 4.79 Å². The van der Waals surface area contributed by atoms with E-state index in [-0.39, 0.29) is 22.6 Å². The molecule has 1 aliphatic carbocycles. The minimum Gasteiger partial charge on any atom is -0.478 e. The van der Waals surface area contributed by atoms with Crippen LogP contribution in [-0.4, -0.2) is 22.2 Å². The maximum Gasteiger partial charge on any atom is 0.337 e. The van der Waals surface area contributed by atoms with Crippen LogP contribution in [-0.2, 0) is 0 Å². The third-order valence-corrected chi connectivity index (χ3v) is 4.28. The van der Waals surface area contributed by atoms with Crippen LogP contribution in [0.2, 0.25) is 5.02 Å². The van der Waals surface area contributed by atoms with Crippen LogP contribution in [0.15, 0.2) is 12.3 Å². The Morgan fingerprint density at radius 1 is 1.42 bits per heavy atom. The van der Waals surface area contributed by atoms with Gasteiger partial charge in [-0.05, 0) is 37.2 Å². The predicted molar refractivity (Wildman–Crippen MR) is 72.8 cm³/mol. The normalized spacial score (nSPS) is 27.0. The van der Waals surface area contributed by atoms with Crippen molar-refractivity contribution in [2.24, 2.45) is 11.8 Å². The summed E-state index contributed by atoms with van der Waals surface area (Å²) in [6.07, 6.45) is 4.51. The molecule has 1 N–H and O–H groups in total. The van der Waals surface area contributed by atoms with Gasteiger partial charge < -0.3 is 9.84 Å². The van der Waals surface area contributed by atoms with Crippen molar-refractivity contribution in [2.75, 3.05) is 0 Å². The molecule has 0 spiro atoms. The molecule has 1 fully saturated rings. The molecule has 0 amide bonds. The average molecular weight is 284 g/mol. The number of halogens is 1. The molecular formula is C14H18ClNO3. The van der Waals surface area contributed by atoms with E-state index in [2.05, 4.69) is 18.8 Å². The number of ether oxygens (including phenoxy) is 1. The molecule has 1 aromatic heterocycles. The number of aromatic carboxylic acids is 1. The fourth-order valence-electron chi connectivity index (χ4n) is 2.43. The molecule has 1 saturated carbocycles. The molecule has 0 aliphatic heterocycles. The van der Waals surface area contributed by atoms with E-state index < -0.39 is 5.97 Å². The van der Waals surface area contributed by atoms with Gasteiger partial charge in [0.05, 0.1) is 5.56 Å². The molecule has 0 bridgehead atoms. The first kappa shape index (κ1) is 14.1. The van der Waals surface area contributed by atoms with Gasteiger partial charge in [-0.15, -0.1) is 0 Å². The summed E-state index contributed by atoms with van der Waals surface area (Å²) in [4.78, 5) is 15.0. The minimum absolute atomic E-state index is 0.0314. The van der Waals surface area contributed by atoms with E-state index in [4.69, 9.17) is 21.4 Å². The molecule has 0 radical (unpaired) electrons. The van der Waals surface area contributed by atoms with E-state index >= 15 is 0 Å². The molecule has 3 atom stereocenters. The van der Waals surface area contributed by atoms with Crippen LogP contribution >= 0.6 is 11.6 Å². The van der Waals surface area contributed by atoms with Gasteiger partial charge in [0.1, 0.15) is 11.1 Å². The van der Waals surface area contributed by atoms with Crippen molar-refractivity contribution < 1.29 is 14.6 Å². The third-order valence-electron chi connectivity index (χ3n) is 3.92. The monoisotopic (exact) mass is 283 g/mol. The first-order chi connectivity index (χ1) is 8.99. The van der Waals surface area contributed by atoms with Gasteiger partial charge in [-0.25, -0.2) is 9.78 Å². The van der Waals surface area contributed by atoms with Crippen LogP contribution in [0.25, 0.3) is 0 Å². The molecule has 0 saturated heterocycles. The van der Waals surface area contributed by atoms with Crippen molar-refractivity contribution in [3.63, 3.8) is 0 Å². The Morgan fingerprint density at radius 3 is 2.79 bits per heavy atom.